The van der Waals surface area contributed by atoms with Crippen LogP contribution in [0.4, 0.5) is 0 Å². The van der Waals surface area contributed by atoms with Crippen LogP contribution in [0.5, 0.6) is 5.75 Å². The molecule has 32 heavy (non-hydrogen) atoms. The summed E-state index contributed by atoms with van der Waals surface area (Å²) >= 11 is 0. The van der Waals surface area contributed by atoms with Crippen molar-refractivity contribution in [2.24, 2.45) is 17.3 Å². The summed E-state index contributed by atoms with van der Waals surface area (Å²) in [5, 5.41) is 9.82. The van der Waals surface area contributed by atoms with Gasteiger partial charge in [0.1, 0.15) is 5.75 Å². The average molecular weight is 466 g/mol. The number of fused-ring (bicyclic) bond motifs is 5. The van der Waals surface area contributed by atoms with Crippen molar-refractivity contribution in [1.29, 1.82) is 0 Å². The van der Waals surface area contributed by atoms with Crippen molar-refractivity contribution in [3.63, 3.8) is 0 Å². The summed E-state index contributed by atoms with van der Waals surface area (Å²) < 4.78 is 0. The molecule has 5 aliphatic carbocycles. The van der Waals surface area contributed by atoms with Crippen LogP contribution >= 0.6 is 0 Å². The van der Waals surface area contributed by atoms with E-state index in [0.29, 0.717) is 29.3 Å². The zero-order chi connectivity index (χ0) is 21.4. The van der Waals surface area contributed by atoms with Crippen LogP contribution in [0.3, 0.4) is 0 Å². The molecule has 0 aromatic heterocycles. The second-order valence-electron chi connectivity index (χ2n) is 9.64. The normalized spacial score (nSPS) is 34.8. The van der Waals surface area contributed by atoms with E-state index in [9.17, 15) is 9.90 Å². The number of ketones is 1. The molecule has 10 radical (unpaired) electrons. The quantitative estimate of drug-likeness (QED) is 0.421. The molecule has 3 heteroatoms. The van der Waals surface area contributed by atoms with E-state index in [1.165, 1.54) is 11.1 Å². The molecule has 0 saturated heterocycles. The van der Waals surface area contributed by atoms with Crippen LogP contribution in [0.25, 0.3) is 0 Å². The molecule has 1 aromatic rings. The minimum Gasteiger partial charge on any atom is -0.508 e. The van der Waals surface area contributed by atoms with Gasteiger partial charge in [0.25, 0.3) is 0 Å². The van der Waals surface area contributed by atoms with Crippen molar-refractivity contribution in [3.8, 4) is 5.75 Å². The number of Topliss-reactive ketones (excluding diaryl/α,β-unsaturated/α-hetero) is 1. The number of phenols is 1. The predicted molar refractivity (Wildman–Crippen MR) is 123 cm³/mol. The maximum absolute atomic E-state index is 13.3. The number of benzene rings is 1. The SMILES string of the molecule is C[C@]12CC[C@@H]3c4ccc(O)cc4CC[C@H]3[C@@H]1C/C(=C\[C]1[CH][CH][CH][CH]1)C2=O.[CH]1[CH][CH][CH][CH]1.[Fe+2]. The van der Waals surface area contributed by atoms with E-state index < -0.39 is 0 Å². The third-order valence-electron chi connectivity index (χ3n) is 7.93. The summed E-state index contributed by atoms with van der Waals surface area (Å²) in [4.78, 5) is 13.3. The van der Waals surface area contributed by atoms with Crippen molar-refractivity contribution in [2.75, 3.05) is 0 Å². The van der Waals surface area contributed by atoms with E-state index in [4.69, 9.17) is 0 Å². The second kappa shape index (κ2) is 10.1. The van der Waals surface area contributed by atoms with Gasteiger partial charge in [-0.2, -0.15) is 0 Å². The Bertz CT molecular complexity index is 841. The number of phenolic OH excluding ortho intramolecular Hbond substituents is 1. The molecule has 4 atom stereocenters. The first kappa shape index (κ1) is 24.1. The molecule has 0 amide bonds. The zero-order valence-corrected chi connectivity index (χ0v) is 19.6. The fourth-order valence-corrected chi connectivity index (χ4v) is 6.38. The number of aryl methyl sites for hydroxylation is 1. The summed E-state index contributed by atoms with van der Waals surface area (Å²) in [7, 11) is 0. The van der Waals surface area contributed by atoms with Crippen molar-refractivity contribution >= 4 is 5.78 Å². The largest absolute Gasteiger partial charge is 2.00 e. The van der Waals surface area contributed by atoms with E-state index in [1.807, 2.05) is 57.1 Å². The van der Waals surface area contributed by atoms with Crippen LogP contribution in [0, 0.1) is 81.0 Å². The van der Waals surface area contributed by atoms with Gasteiger partial charge in [-0.05, 0) is 136 Å². The van der Waals surface area contributed by atoms with E-state index in [2.05, 4.69) is 31.9 Å². The van der Waals surface area contributed by atoms with Crippen LogP contribution in [0.15, 0.2) is 29.8 Å². The smallest absolute Gasteiger partial charge is 0.508 e. The molecule has 0 aliphatic heterocycles. The van der Waals surface area contributed by atoms with Gasteiger partial charge in [0.15, 0.2) is 5.78 Å². The number of hydrogen-bond donors (Lipinski definition) is 1. The molecule has 1 N–H and O–H groups in total. The van der Waals surface area contributed by atoms with E-state index in [1.54, 1.807) is 0 Å². The fraction of sp³-hybridized carbons (Fsp3) is 0.345. The van der Waals surface area contributed by atoms with Crippen LogP contribution in [-0.4, -0.2) is 10.9 Å². The van der Waals surface area contributed by atoms with Gasteiger partial charge in [0, 0.05) is 11.3 Å². The molecule has 2 nitrogen and oxygen atoms in total. The summed E-state index contributed by atoms with van der Waals surface area (Å²) in [6.07, 6.45) is 25.5. The van der Waals surface area contributed by atoms with Gasteiger partial charge < -0.3 is 5.11 Å². The number of hydrogen-bond acceptors (Lipinski definition) is 2. The number of rotatable bonds is 1. The predicted octanol–water partition coefficient (Wildman–Crippen LogP) is 5.78. The summed E-state index contributed by atoms with van der Waals surface area (Å²) in [5.74, 6) is 3.50. The number of aromatic hydroxyl groups is 1. The van der Waals surface area contributed by atoms with Gasteiger partial charge in [0.2, 0.25) is 0 Å². The van der Waals surface area contributed by atoms with E-state index in [0.717, 1.165) is 43.6 Å². The molecule has 0 spiro atoms. The molecule has 5 aliphatic rings. The van der Waals surface area contributed by atoms with Gasteiger partial charge in [-0.3, -0.25) is 4.79 Å². The molecule has 164 valence electrons. The summed E-state index contributed by atoms with van der Waals surface area (Å²) in [6, 6.07) is 5.90. The Morgan fingerprint density at radius 2 is 1.69 bits per heavy atom. The second-order valence-corrected chi connectivity index (χ2v) is 9.64. The van der Waals surface area contributed by atoms with E-state index >= 15 is 0 Å². The summed E-state index contributed by atoms with van der Waals surface area (Å²) in [5.41, 5.74) is 3.57. The molecular weight excluding hydrogens is 436 g/mol. The molecule has 1 aromatic carbocycles. The first-order chi connectivity index (χ1) is 15.1. The molecular formula is C29H30FeO2+2. The Hall–Kier alpha value is -1.05. The van der Waals surface area contributed by atoms with Crippen molar-refractivity contribution in [2.45, 2.75) is 44.9 Å². The first-order valence-corrected chi connectivity index (χ1v) is 11.5. The average Bonchev–Trinajstić information content (AvgIpc) is 3.54. The Kier molecular flexibility index (Phi) is 7.57. The van der Waals surface area contributed by atoms with Crippen molar-refractivity contribution in [3.05, 3.63) is 105 Å². The van der Waals surface area contributed by atoms with Crippen molar-refractivity contribution in [1.82, 2.24) is 0 Å². The Balaban J connectivity index is 0.000000363. The fourth-order valence-electron chi connectivity index (χ4n) is 6.38. The molecule has 4 fully saturated rings. The third kappa shape index (κ3) is 4.49. The Labute approximate surface area is 205 Å². The number of allylic oxidation sites excluding steroid dienone is 2. The topological polar surface area (TPSA) is 37.3 Å². The van der Waals surface area contributed by atoms with Gasteiger partial charge >= 0.3 is 17.1 Å². The summed E-state index contributed by atoms with van der Waals surface area (Å²) in [6.45, 7) is 2.22. The van der Waals surface area contributed by atoms with Gasteiger partial charge in [-0.15, -0.1) is 0 Å². The minimum atomic E-state index is -0.186. The van der Waals surface area contributed by atoms with E-state index in [-0.39, 0.29) is 22.5 Å². The third-order valence-corrected chi connectivity index (χ3v) is 7.93. The number of carbonyl (C=O) groups is 1. The Morgan fingerprint density at radius 3 is 2.38 bits per heavy atom. The number of carbonyl (C=O) groups excluding carboxylic acids is 1. The maximum atomic E-state index is 13.3. The van der Waals surface area contributed by atoms with Crippen LogP contribution in [0.2, 0.25) is 0 Å². The standard InChI is InChI=1S/C24H25O2.C5H5.Fe/c1-24-11-10-20-19-9-7-18(25)13-16(19)6-8-21(20)22(24)14-17(23(24)26)12-15-4-2-3-5-15;1-2-4-5-3-1;/h2-5,7,9,12-13,20-22,25H,6,8,10-11,14H2,1H3;1-5H;/q;;+2/b17-12+;;/t20-,21-,22+,24+;;/m1../s1. The van der Waals surface area contributed by atoms with Crippen LogP contribution in [0.1, 0.15) is 49.7 Å². The molecule has 6 rings (SSSR count). The Morgan fingerprint density at radius 1 is 1.00 bits per heavy atom. The van der Waals surface area contributed by atoms with Crippen molar-refractivity contribution < 1.29 is 27.0 Å². The first-order valence-electron chi connectivity index (χ1n) is 11.5. The van der Waals surface area contributed by atoms with Gasteiger partial charge in [-0.25, -0.2) is 0 Å². The van der Waals surface area contributed by atoms with Crippen LogP contribution in [-0.2, 0) is 28.3 Å². The molecule has 0 bridgehead atoms. The zero-order valence-electron chi connectivity index (χ0n) is 18.5. The van der Waals surface area contributed by atoms with Gasteiger partial charge in [0.05, 0.1) is 0 Å². The molecule has 0 heterocycles. The van der Waals surface area contributed by atoms with Gasteiger partial charge in [-0.1, -0.05) is 19.1 Å². The maximum Gasteiger partial charge on any atom is 2.00 e. The monoisotopic (exact) mass is 466 g/mol. The van der Waals surface area contributed by atoms with Crippen LogP contribution < -0.4 is 0 Å². The molecule has 0 unspecified atom stereocenters. The minimum absolute atomic E-state index is 0. The molecule has 4 saturated carbocycles.